The van der Waals surface area contributed by atoms with E-state index in [2.05, 4.69) is 0 Å². The van der Waals surface area contributed by atoms with Crippen LogP contribution in [0.3, 0.4) is 0 Å². The van der Waals surface area contributed by atoms with Gasteiger partial charge in [-0.15, -0.1) is 0 Å². The molecule has 0 amide bonds. The van der Waals surface area contributed by atoms with Crippen molar-refractivity contribution in [1.29, 1.82) is 0 Å². The molecule has 2 rings (SSSR count). The molecule has 2 nitrogen and oxygen atoms in total. The normalized spacial score (nSPS) is 12.1. The van der Waals surface area contributed by atoms with E-state index in [-0.39, 0.29) is 6.04 Å². The number of aliphatic hydroxyl groups excluding tert-OH is 1. The van der Waals surface area contributed by atoms with Crippen molar-refractivity contribution in [2.75, 3.05) is 0 Å². The van der Waals surface area contributed by atoms with Crippen LogP contribution in [-0.2, 0) is 0 Å². The van der Waals surface area contributed by atoms with Crippen molar-refractivity contribution in [1.82, 2.24) is 0 Å². The highest BCUT2D eigenvalue weighted by Crippen LogP contribution is 2.25. The third-order valence-corrected chi connectivity index (χ3v) is 2.67. The van der Waals surface area contributed by atoms with Gasteiger partial charge in [0.15, 0.2) is 0 Å². The summed E-state index contributed by atoms with van der Waals surface area (Å²) in [5.41, 5.74) is 7.81. The average Bonchev–Trinajstić information content (AvgIpc) is 2.59. The smallest absolute Gasteiger partial charge is 0.0982 e. The fraction of sp³-hybridized carbons (Fsp3) is 0.333. The highest BCUT2D eigenvalue weighted by molar-refractivity contribution is 5.25. The van der Waals surface area contributed by atoms with Gasteiger partial charge in [0.1, 0.15) is 0 Å². The molecule has 0 bridgehead atoms. The second-order valence-electron chi connectivity index (χ2n) is 3.79. The van der Waals surface area contributed by atoms with E-state index in [1.54, 1.807) is 0 Å². The Labute approximate surface area is 123 Å². The van der Waals surface area contributed by atoms with Gasteiger partial charge in [0, 0.05) is 0 Å². The molecule has 2 atom stereocenters. The highest BCUT2D eigenvalue weighted by Gasteiger charge is 2.17. The lowest BCUT2D eigenvalue weighted by atomic mass is 9.97. The summed E-state index contributed by atoms with van der Waals surface area (Å²) in [6.07, 6.45) is -0.663. The van der Waals surface area contributed by atoms with Gasteiger partial charge in [0.05, 0.1) is 12.1 Å². The van der Waals surface area contributed by atoms with E-state index in [0.29, 0.717) is 0 Å². The van der Waals surface area contributed by atoms with Gasteiger partial charge in [-0.05, 0) is 11.1 Å². The van der Waals surface area contributed by atoms with Crippen LogP contribution in [0.4, 0.5) is 0 Å². The van der Waals surface area contributed by atoms with E-state index < -0.39 is 6.10 Å². The molecule has 0 saturated carbocycles. The van der Waals surface area contributed by atoms with Crippen molar-refractivity contribution < 1.29 is 5.11 Å². The van der Waals surface area contributed by atoms with Crippen LogP contribution in [0.2, 0.25) is 0 Å². The number of hydrogen-bond donors (Lipinski definition) is 2. The Hall–Kier alpha value is -1.64. The molecule has 0 aliphatic carbocycles. The van der Waals surface area contributed by atoms with Gasteiger partial charge in [-0.1, -0.05) is 88.4 Å². The SMILES string of the molecule is CC.CC.NC(c1ccccc1)C(O)c1ccccc1. The molecule has 2 aromatic rings. The molecule has 0 aromatic heterocycles. The van der Waals surface area contributed by atoms with Gasteiger partial charge < -0.3 is 10.8 Å². The first-order valence-electron chi connectivity index (χ1n) is 7.32. The van der Waals surface area contributed by atoms with E-state index >= 15 is 0 Å². The van der Waals surface area contributed by atoms with E-state index in [9.17, 15) is 5.11 Å². The lowest BCUT2D eigenvalue weighted by Crippen LogP contribution is -2.19. The van der Waals surface area contributed by atoms with E-state index in [1.807, 2.05) is 88.4 Å². The first-order chi connectivity index (χ1) is 9.79. The fourth-order valence-corrected chi connectivity index (χ4v) is 1.72. The molecule has 2 aromatic carbocycles. The summed E-state index contributed by atoms with van der Waals surface area (Å²) in [4.78, 5) is 0. The minimum Gasteiger partial charge on any atom is -0.386 e. The minimum absolute atomic E-state index is 0.386. The van der Waals surface area contributed by atoms with Crippen LogP contribution in [-0.4, -0.2) is 5.11 Å². The van der Waals surface area contributed by atoms with E-state index in [0.717, 1.165) is 11.1 Å². The zero-order valence-corrected chi connectivity index (χ0v) is 13.0. The quantitative estimate of drug-likeness (QED) is 0.866. The van der Waals surface area contributed by atoms with Crippen LogP contribution in [0.5, 0.6) is 0 Å². The second kappa shape index (κ2) is 11.2. The minimum atomic E-state index is -0.663. The van der Waals surface area contributed by atoms with Crippen LogP contribution in [0, 0.1) is 0 Å². The number of hydrogen-bond acceptors (Lipinski definition) is 2. The van der Waals surface area contributed by atoms with Crippen molar-refractivity contribution in [2.24, 2.45) is 5.73 Å². The van der Waals surface area contributed by atoms with Crippen molar-refractivity contribution in [3.05, 3.63) is 71.8 Å². The molecule has 0 fully saturated rings. The molecular formula is C18H27NO. The Morgan fingerprint density at radius 3 is 1.45 bits per heavy atom. The van der Waals surface area contributed by atoms with Gasteiger partial charge in [-0.2, -0.15) is 0 Å². The monoisotopic (exact) mass is 273 g/mol. The lowest BCUT2D eigenvalue weighted by Gasteiger charge is -2.19. The molecule has 110 valence electrons. The zero-order chi connectivity index (χ0) is 15.4. The molecule has 3 N–H and O–H groups in total. The Morgan fingerprint density at radius 1 is 0.700 bits per heavy atom. The maximum absolute atomic E-state index is 10.1. The standard InChI is InChI=1S/C14H15NO.2C2H6/c15-13(11-7-3-1-4-8-11)14(16)12-9-5-2-6-10-12;2*1-2/h1-10,13-14,16H,15H2;2*1-2H3. The summed E-state index contributed by atoms with van der Waals surface area (Å²) in [6, 6.07) is 18.7. The third kappa shape index (κ3) is 5.55. The highest BCUT2D eigenvalue weighted by atomic mass is 16.3. The van der Waals surface area contributed by atoms with Gasteiger partial charge >= 0.3 is 0 Å². The summed E-state index contributed by atoms with van der Waals surface area (Å²) < 4.78 is 0. The molecule has 0 heterocycles. The second-order valence-corrected chi connectivity index (χ2v) is 3.79. The van der Waals surface area contributed by atoms with Crippen LogP contribution in [0.25, 0.3) is 0 Å². The summed E-state index contributed by atoms with van der Waals surface area (Å²) in [7, 11) is 0. The number of nitrogens with two attached hydrogens (primary N) is 1. The van der Waals surface area contributed by atoms with Crippen molar-refractivity contribution in [3.8, 4) is 0 Å². The largest absolute Gasteiger partial charge is 0.386 e. The van der Waals surface area contributed by atoms with Gasteiger partial charge in [0.25, 0.3) is 0 Å². The molecule has 0 radical (unpaired) electrons. The van der Waals surface area contributed by atoms with Crippen LogP contribution in [0.15, 0.2) is 60.7 Å². The molecule has 2 unspecified atom stereocenters. The maximum Gasteiger partial charge on any atom is 0.0982 e. The number of benzene rings is 2. The predicted octanol–water partition coefficient (Wildman–Crippen LogP) is 4.47. The lowest BCUT2D eigenvalue weighted by molar-refractivity contribution is 0.147. The van der Waals surface area contributed by atoms with Gasteiger partial charge in [-0.3, -0.25) is 0 Å². The Bertz CT molecular complexity index is 384. The van der Waals surface area contributed by atoms with E-state index in [4.69, 9.17) is 5.73 Å². The number of aliphatic hydroxyl groups is 1. The molecule has 2 heteroatoms. The maximum atomic E-state index is 10.1. The molecule has 0 spiro atoms. The summed E-state index contributed by atoms with van der Waals surface area (Å²) in [5.74, 6) is 0. The fourth-order valence-electron chi connectivity index (χ4n) is 1.72. The van der Waals surface area contributed by atoms with Crippen LogP contribution < -0.4 is 5.73 Å². The predicted molar refractivity (Wildman–Crippen MR) is 87.5 cm³/mol. The molecule has 0 aliphatic rings. The molecular weight excluding hydrogens is 246 g/mol. The third-order valence-electron chi connectivity index (χ3n) is 2.67. The summed E-state index contributed by atoms with van der Waals surface area (Å²) in [6.45, 7) is 8.00. The Morgan fingerprint density at radius 2 is 1.05 bits per heavy atom. The molecule has 0 aliphatic heterocycles. The number of rotatable bonds is 3. The van der Waals surface area contributed by atoms with Crippen LogP contribution >= 0.6 is 0 Å². The van der Waals surface area contributed by atoms with Crippen molar-refractivity contribution in [2.45, 2.75) is 39.8 Å². The first kappa shape index (κ1) is 18.4. The topological polar surface area (TPSA) is 46.2 Å². The molecule has 0 saturated heterocycles. The Balaban J connectivity index is 0.000000829. The van der Waals surface area contributed by atoms with Crippen molar-refractivity contribution in [3.63, 3.8) is 0 Å². The summed E-state index contributed by atoms with van der Waals surface area (Å²) >= 11 is 0. The van der Waals surface area contributed by atoms with Gasteiger partial charge in [-0.25, -0.2) is 0 Å². The first-order valence-corrected chi connectivity index (χ1v) is 7.32. The Kier molecular flexibility index (Phi) is 10.3. The average molecular weight is 273 g/mol. The molecule has 20 heavy (non-hydrogen) atoms. The van der Waals surface area contributed by atoms with Crippen molar-refractivity contribution >= 4 is 0 Å². The zero-order valence-electron chi connectivity index (χ0n) is 13.0. The van der Waals surface area contributed by atoms with E-state index in [1.165, 1.54) is 0 Å². The summed E-state index contributed by atoms with van der Waals surface area (Å²) in [5, 5.41) is 10.1. The van der Waals surface area contributed by atoms with Gasteiger partial charge in [0.2, 0.25) is 0 Å². The van der Waals surface area contributed by atoms with Crippen LogP contribution in [0.1, 0.15) is 51.0 Å².